The van der Waals surface area contributed by atoms with Gasteiger partial charge in [-0.1, -0.05) is 60.7 Å². The summed E-state index contributed by atoms with van der Waals surface area (Å²) >= 11 is 0. The molecule has 0 fully saturated rings. The molecule has 0 radical (unpaired) electrons. The van der Waals surface area contributed by atoms with Gasteiger partial charge in [-0.3, -0.25) is 19.2 Å². The van der Waals surface area contributed by atoms with Crippen molar-refractivity contribution in [2.75, 3.05) is 4.31 Å². The van der Waals surface area contributed by atoms with Gasteiger partial charge in [0, 0.05) is 12.1 Å². The van der Waals surface area contributed by atoms with Crippen LogP contribution in [0.25, 0.3) is 0 Å². The molecular formula is C28H24N4O5S. The summed E-state index contributed by atoms with van der Waals surface area (Å²) in [5.74, 6) is -0.608. The van der Waals surface area contributed by atoms with E-state index in [-0.39, 0.29) is 28.4 Å². The molecule has 0 saturated carbocycles. The van der Waals surface area contributed by atoms with Crippen molar-refractivity contribution >= 4 is 33.0 Å². The first-order valence-electron chi connectivity index (χ1n) is 11.6. The quantitative estimate of drug-likeness (QED) is 0.183. The summed E-state index contributed by atoms with van der Waals surface area (Å²) in [6.07, 6.45) is 0. The zero-order chi connectivity index (χ0) is 27.1. The minimum Gasteiger partial charge on any atom is -0.267 e. The second kappa shape index (κ2) is 11.5. The lowest BCUT2D eigenvalue weighted by Crippen LogP contribution is -2.33. The maximum absolute atomic E-state index is 13.8. The predicted octanol–water partition coefficient (Wildman–Crippen LogP) is 5.14. The fraction of sp³-hybridized carbons (Fsp3) is 0.0714. The van der Waals surface area contributed by atoms with Crippen LogP contribution in [0.5, 0.6) is 0 Å². The third-order valence-corrected chi connectivity index (χ3v) is 7.51. The van der Waals surface area contributed by atoms with Crippen molar-refractivity contribution in [2.45, 2.75) is 18.4 Å². The van der Waals surface area contributed by atoms with Crippen LogP contribution in [0.4, 0.5) is 11.4 Å². The molecular weight excluding hydrogens is 504 g/mol. The second-order valence-corrected chi connectivity index (χ2v) is 10.1. The Morgan fingerprint density at radius 3 is 2.08 bits per heavy atom. The minimum absolute atomic E-state index is 0.00739. The number of anilines is 1. The monoisotopic (exact) mass is 528 g/mol. The van der Waals surface area contributed by atoms with E-state index in [1.165, 1.54) is 46.8 Å². The Bertz CT molecular complexity index is 1570. The number of benzene rings is 4. The van der Waals surface area contributed by atoms with Gasteiger partial charge in [-0.25, -0.2) is 13.8 Å². The summed E-state index contributed by atoms with van der Waals surface area (Å²) in [4.78, 5) is 23.7. The Labute approximate surface area is 220 Å². The first-order valence-corrected chi connectivity index (χ1v) is 13.0. The molecule has 0 spiro atoms. The van der Waals surface area contributed by atoms with Crippen LogP contribution >= 0.6 is 0 Å². The first-order chi connectivity index (χ1) is 18.3. The van der Waals surface area contributed by atoms with Gasteiger partial charge in [0.05, 0.1) is 33.3 Å². The molecule has 0 bridgehead atoms. The van der Waals surface area contributed by atoms with E-state index >= 15 is 0 Å². The summed E-state index contributed by atoms with van der Waals surface area (Å²) < 4.78 is 28.7. The number of nitrogens with one attached hydrogen (secondary N) is 1. The van der Waals surface area contributed by atoms with Gasteiger partial charge in [0.2, 0.25) is 0 Å². The molecule has 0 saturated heterocycles. The number of hydrogen-bond donors (Lipinski definition) is 1. The zero-order valence-electron chi connectivity index (χ0n) is 20.4. The number of hydrazone groups is 1. The Kier molecular flexibility index (Phi) is 7.93. The molecule has 9 nitrogen and oxygen atoms in total. The van der Waals surface area contributed by atoms with Gasteiger partial charge in [0.25, 0.3) is 21.6 Å². The molecule has 4 aromatic rings. The van der Waals surface area contributed by atoms with E-state index in [4.69, 9.17) is 0 Å². The molecule has 4 rings (SSSR count). The highest BCUT2D eigenvalue weighted by molar-refractivity contribution is 7.92. The highest BCUT2D eigenvalue weighted by Gasteiger charge is 2.28. The maximum Gasteiger partial charge on any atom is 0.273 e. The number of carbonyl (C=O) groups excluding carboxylic acids is 1. The third kappa shape index (κ3) is 5.93. The third-order valence-electron chi connectivity index (χ3n) is 5.74. The summed E-state index contributed by atoms with van der Waals surface area (Å²) in [6, 6.07) is 29.3. The maximum atomic E-state index is 13.8. The SMILES string of the molecule is C/C(=N/NC(=O)c1ccccc1N(Cc1ccccc1)S(=O)(=O)c1ccccc1)c1ccc([N+](=O)[O-])cc1. The summed E-state index contributed by atoms with van der Waals surface area (Å²) in [5.41, 5.74) is 4.48. The topological polar surface area (TPSA) is 122 Å². The van der Waals surface area contributed by atoms with Crippen molar-refractivity contribution in [2.24, 2.45) is 5.10 Å². The Morgan fingerprint density at radius 1 is 0.868 bits per heavy atom. The standard InChI is InChI=1S/C28H24N4O5S/c1-21(23-16-18-24(19-17-23)32(34)35)29-30-28(33)26-14-8-9-15-27(26)31(20-22-10-4-2-5-11-22)38(36,37)25-12-6-3-7-13-25/h2-19H,20H2,1H3,(H,30,33)/b29-21-. The molecule has 10 heteroatoms. The summed E-state index contributed by atoms with van der Waals surface area (Å²) in [6.45, 7) is 1.66. The number of para-hydroxylation sites is 1. The number of nitro groups is 1. The summed E-state index contributed by atoms with van der Waals surface area (Å²) in [5, 5.41) is 15.0. The molecule has 1 amide bonds. The fourth-order valence-corrected chi connectivity index (χ4v) is 5.23. The van der Waals surface area contributed by atoms with Gasteiger partial charge >= 0.3 is 0 Å². The van der Waals surface area contributed by atoms with E-state index in [0.29, 0.717) is 11.3 Å². The van der Waals surface area contributed by atoms with Crippen LogP contribution in [0.1, 0.15) is 28.4 Å². The van der Waals surface area contributed by atoms with E-state index in [1.807, 2.05) is 30.3 Å². The van der Waals surface area contributed by atoms with Crippen LogP contribution < -0.4 is 9.73 Å². The highest BCUT2D eigenvalue weighted by Crippen LogP contribution is 2.29. The number of rotatable bonds is 9. The number of non-ortho nitro benzene ring substituents is 1. The lowest BCUT2D eigenvalue weighted by atomic mass is 10.1. The van der Waals surface area contributed by atoms with Crippen molar-refractivity contribution in [3.05, 3.63) is 136 Å². The van der Waals surface area contributed by atoms with Crippen LogP contribution in [0.2, 0.25) is 0 Å². The van der Waals surface area contributed by atoms with Gasteiger partial charge in [0.1, 0.15) is 0 Å². The lowest BCUT2D eigenvalue weighted by molar-refractivity contribution is -0.384. The van der Waals surface area contributed by atoms with Crippen LogP contribution in [0, 0.1) is 10.1 Å². The lowest BCUT2D eigenvalue weighted by Gasteiger charge is -2.26. The van der Waals surface area contributed by atoms with Crippen molar-refractivity contribution in [3.8, 4) is 0 Å². The first kappa shape index (κ1) is 26.2. The number of amides is 1. The Balaban J connectivity index is 1.68. The molecule has 0 aliphatic rings. The Hall–Kier alpha value is -4.83. The smallest absolute Gasteiger partial charge is 0.267 e. The number of sulfonamides is 1. The number of nitro benzene ring substituents is 1. The van der Waals surface area contributed by atoms with Gasteiger partial charge < -0.3 is 0 Å². The largest absolute Gasteiger partial charge is 0.273 e. The van der Waals surface area contributed by atoms with E-state index in [9.17, 15) is 23.3 Å². The number of hydrogen-bond acceptors (Lipinski definition) is 6. The van der Waals surface area contributed by atoms with Gasteiger partial charge in [-0.05, 0) is 54.4 Å². The Morgan fingerprint density at radius 2 is 1.45 bits per heavy atom. The van der Waals surface area contributed by atoms with Crippen molar-refractivity contribution in [1.29, 1.82) is 0 Å². The normalized spacial score (nSPS) is 11.6. The number of carbonyl (C=O) groups is 1. The van der Waals surface area contributed by atoms with Crippen LogP contribution in [0.3, 0.4) is 0 Å². The molecule has 0 aliphatic carbocycles. The average molecular weight is 529 g/mol. The van der Waals surface area contributed by atoms with Crippen molar-refractivity contribution < 1.29 is 18.1 Å². The summed E-state index contributed by atoms with van der Waals surface area (Å²) in [7, 11) is -4.03. The van der Waals surface area contributed by atoms with E-state index in [0.717, 1.165) is 5.56 Å². The molecule has 0 aliphatic heterocycles. The highest BCUT2D eigenvalue weighted by atomic mass is 32.2. The molecule has 0 atom stereocenters. The van der Waals surface area contributed by atoms with Crippen molar-refractivity contribution in [3.63, 3.8) is 0 Å². The van der Waals surface area contributed by atoms with E-state index < -0.39 is 20.9 Å². The molecule has 0 unspecified atom stereocenters. The minimum atomic E-state index is -4.03. The molecule has 0 aromatic heterocycles. The van der Waals surface area contributed by atoms with Gasteiger partial charge in [-0.15, -0.1) is 0 Å². The fourth-order valence-electron chi connectivity index (χ4n) is 3.74. The molecule has 192 valence electrons. The van der Waals surface area contributed by atoms with Crippen LogP contribution in [0.15, 0.2) is 119 Å². The zero-order valence-corrected chi connectivity index (χ0v) is 21.2. The number of nitrogens with zero attached hydrogens (tertiary/aromatic N) is 3. The van der Waals surface area contributed by atoms with Crippen molar-refractivity contribution in [1.82, 2.24) is 5.43 Å². The van der Waals surface area contributed by atoms with E-state index in [1.54, 1.807) is 43.3 Å². The predicted molar refractivity (Wildman–Crippen MR) is 145 cm³/mol. The van der Waals surface area contributed by atoms with Gasteiger partial charge in [0.15, 0.2) is 0 Å². The van der Waals surface area contributed by atoms with E-state index in [2.05, 4.69) is 10.5 Å². The van der Waals surface area contributed by atoms with Gasteiger partial charge in [-0.2, -0.15) is 5.10 Å². The average Bonchev–Trinajstić information content (AvgIpc) is 2.95. The molecule has 1 N–H and O–H groups in total. The second-order valence-electron chi connectivity index (χ2n) is 8.27. The molecule has 0 heterocycles. The van der Waals surface area contributed by atoms with Crippen LogP contribution in [-0.2, 0) is 16.6 Å². The molecule has 38 heavy (non-hydrogen) atoms. The molecule has 4 aromatic carbocycles. The van der Waals surface area contributed by atoms with Crippen LogP contribution in [-0.4, -0.2) is 25.0 Å².